The molecule has 2 aromatic rings. The standard InChI is InChI=1S/C19H17BrINO4S/c1-24-16-5-4-11(7-18(16)26-3)6-12-10-22(27-21)15-9-17(25-2)14(20)8-13(15)19(12)23/h4-9H,10H2,1-3H3/b12-6+. The van der Waals surface area contributed by atoms with Gasteiger partial charge in [0.05, 0.1) is 38.0 Å². The maximum atomic E-state index is 13.1. The fourth-order valence-corrected chi connectivity index (χ4v) is 4.86. The summed E-state index contributed by atoms with van der Waals surface area (Å²) in [5.74, 6) is 1.98. The second kappa shape index (κ2) is 8.74. The minimum Gasteiger partial charge on any atom is -0.495 e. The maximum Gasteiger partial charge on any atom is 0.193 e. The summed E-state index contributed by atoms with van der Waals surface area (Å²) < 4.78 is 18.8. The molecule has 1 aliphatic rings. The molecule has 8 heteroatoms. The number of ketones is 1. The topological polar surface area (TPSA) is 48.0 Å². The van der Waals surface area contributed by atoms with Crippen LogP contribution in [0.3, 0.4) is 0 Å². The molecule has 3 rings (SSSR count). The first-order valence-corrected chi connectivity index (χ1v) is 12.0. The minimum atomic E-state index is 0.00448. The first kappa shape index (κ1) is 20.3. The molecule has 0 bridgehead atoms. The molecular weight excluding hydrogens is 545 g/mol. The molecule has 1 heterocycles. The molecule has 0 unspecified atom stereocenters. The van der Waals surface area contributed by atoms with Crippen LogP contribution in [-0.4, -0.2) is 33.7 Å². The highest BCUT2D eigenvalue weighted by Crippen LogP contribution is 2.42. The lowest BCUT2D eigenvalue weighted by molar-refractivity contribution is 0.103. The molecule has 1 aliphatic heterocycles. The number of ether oxygens (including phenoxy) is 3. The quantitative estimate of drug-likeness (QED) is 0.271. The summed E-state index contributed by atoms with van der Waals surface area (Å²) >= 11 is 5.69. The number of benzene rings is 2. The van der Waals surface area contributed by atoms with E-state index in [0.29, 0.717) is 34.9 Å². The lowest BCUT2D eigenvalue weighted by Gasteiger charge is -2.29. The number of hydrogen-bond acceptors (Lipinski definition) is 6. The zero-order valence-electron chi connectivity index (χ0n) is 14.9. The van der Waals surface area contributed by atoms with Crippen LogP contribution in [0.1, 0.15) is 15.9 Å². The van der Waals surface area contributed by atoms with Gasteiger partial charge in [0.2, 0.25) is 0 Å². The van der Waals surface area contributed by atoms with Gasteiger partial charge in [-0.3, -0.25) is 4.79 Å². The van der Waals surface area contributed by atoms with Crippen LogP contribution in [0, 0.1) is 0 Å². The fraction of sp³-hybridized carbons (Fsp3) is 0.211. The molecule has 2 aromatic carbocycles. The van der Waals surface area contributed by atoms with Gasteiger partial charge >= 0.3 is 0 Å². The van der Waals surface area contributed by atoms with E-state index in [0.717, 1.165) is 15.7 Å². The van der Waals surface area contributed by atoms with Gasteiger partial charge < -0.3 is 18.5 Å². The normalized spacial score (nSPS) is 14.9. The maximum absolute atomic E-state index is 13.1. The van der Waals surface area contributed by atoms with Crippen LogP contribution in [0.15, 0.2) is 40.4 Å². The molecule has 0 radical (unpaired) electrons. The van der Waals surface area contributed by atoms with Gasteiger partial charge in [-0.1, -0.05) is 6.07 Å². The number of nitrogens with zero attached hydrogens (tertiary/aromatic N) is 1. The van der Waals surface area contributed by atoms with Gasteiger partial charge in [-0.2, -0.15) is 0 Å². The van der Waals surface area contributed by atoms with Crippen LogP contribution < -0.4 is 18.5 Å². The van der Waals surface area contributed by atoms with Crippen molar-refractivity contribution < 1.29 is 19.0 Å². The monoisotopic (exact) mass is 561 g/mol. The second-order valence-electron chi connectivity index (χ2n) is 5.72. The molecule has 0 fully saturated rings. The Morgan fingerprint density at radius 3 is 2.41 bits per heavy atom. The molecule has 0 spiro atoms. The third-order valence-electron chi connectivity index (χ3n) is 4.22. The van der Waals surface area contributed by atoms with Crippen LogP contribution in [-0.2, 0) is 0 Å². The van der Waals surface area contributed by atoms with E-state index in [2.05, 4.69) is 41.4 Å². The molecule has 0 amide bonds. The number of carbonyl (C=O) groups is 1. The van der Waals surface area contributed by atoms with E-state index in [9.17, 15) is 4.79 Å². The van der Waals surface area contributed by atoms with Crippen LogP contribution in [0.25, 0.3) is 6.08 Å². The van der Waals surface area contributed by atoms with E-state index in [1.165, 1.54) is 9.12 Å². The van der Waals surface area contributed by atoms with Gasteiger partial charge in [-0.25, -0.2) is 0 Å². The first-order chi connectivity index (χ1) is 13.0. The van der Waals surface area contributed by atoms with Crippen molar-refractivity contribution in [3.63, 3.8) is 0 Å². The van der Waals surface area contributed by atoms with Gasteiger partial charge in [-0.15, -0.1) is 0 Å². The van der Waals surface area contributed by atoms with Crippen molar-refractivity contribution in [2.24, 2.45) is 0 Å². The van der Waals surface area contributed by atoms with Gasteiger partial charge in [0.15, 0.2) is 17.3 Å². The highest BCUT2D eigenvalue weighted by molar-refractivity contribution is 14.2. The van der Waals surface area contributed by atoms with Crippen molar-refractivity contribution in [1.29, 1.82) is 0 Å². The number of Topliss-reactive ketones (excluding diaryl/α,β-unsaturated/α-hetero) is 1. The molecule has 0 aliphatic carbocycles. The molecule has 0 N–H and O–H groups in total. The Balaban J connectivity index is 2.05. The lowest BCUT2D eigenvalue weighted by Crippen LogP contribution is -2.28. The van der Waals surface area contributed by atoms with Crippen LogP contribution in [0.5, 0.6) is 17.2 Å². The number of fused-ring (bicyclic) bond motifs is 1. The predicted molar refractivity (Wildman–Crippen MR) is 122 cm³/mol. The fourth-order valence-electron chi connectivity index (χ4n) is 2.89. The minimum absolute atomic E-state index is 0.00448. The smallest absolute Gasteiger partial charge is 0.193 e. The van der Waals surface area contributed by atoms with Crippen LogP contribution in [0.4, 0.5) is 5.69 Å². The van der Waals surface area contributed by atoms with Crippen molar-refractivity contribution >= 4 is 63.8 Å². The number of methoxy groups -OCH3 is 3. The Morgan fingerprint density at radius 2 is 1.78 bits per heavy atom. The van der Waals surface area contributed by atoms with E-state index in [1.807, 2.05) is 36.4 Å². The van der Waals surface area contributed by atoms with Gasteiger partial charge in [-0.05, 0) is 45.8 Å². The Morgan fingerprint density at radius 1 is 1.07 bits per heavy atom. The molecule has 27 heavy (non-hydrogen) atoms. The largest absolute Gasteiger partial charge is 0.495 e. The second-order valence-corrected chi connectivity index (χ2v) is 8.34. The molecule has 0 atom stereocenters. The van der Waals surface area contributed by atoms with Crippen LogP contribution in [0.2, 0.25) is 0 Å². The molecule has 0 aromatic heterocycles. The Bertz CT molecular complexity index is 919. The Hall–Kier alpha value is -1.39. The number of anilines is 1. The van der Waals surface area contributed by atoms with Crippen molar-refractivity contribution in [3.05, 3.63) is 51.5 Å². The zero-order valence-corrected chi connectivity index (χ0v) is 19.5. The van der Waals surface area contributed by atoms with E-state index < -0.39 is 0 Å². The molecule has 0 saturated carbocycles. The summed E-state index contributed by atoms with van der Waals surface area (Å²) in [6, 6.07) is 9.30. The van der Waals surface area contributed by atoms with Crippen molar-refractivity contribution in [2.45, 2.75) is 0 Å². The highest BCUT2D eigenvalue weighted by atomic mass is 127. The molecular formula is C19H17BrINO4S. The van der Waals surface area contributed by atoms with Gasteiger partial charge in [0.1, 0.15) is 5.75 Å². The summed E-state index contributed by atoms with van der Waals surface area (Å²) in [7, 11) is 6.34. The summed E-state index contributed by atoms with van der Waals surface area (Å²) in [5.41, 5.74) is 3.08. The molecule has 0 saturated heterocycles. The van der Waals surface area contributed by atoms with Crippen molar-refractivity contribution in [2.75, 3.05) is 32.2 Å². The summed E-state index contributed by atoms with van der Waals surface area (Å²) in [6.45, 7) is 0.499. The summed E-state index contributed by atoms with van der Waals surface area (Å²) in [5, 5.41) is 0. The lowest BCUT2D eigenvalue weighted by atomic mass is 9.95. The van der Waals surface area contributed by atoms with E-state index in [1.54, 1.807) is 21.3 Å². The first-order valence-electron chi connectivity index (χ1n) is 7.93. The van der Waals surface area contributed by atoms with Gasteiger partial charge in [0, 0.05) is 47.5 Å². The number of halogens is 2. The third-order valence-corrected chi connectivity index (χ3v) is 6.76. The van der Waals surface area contributed by atoms with Crippen LogP contribution >= 0.6 is 46.3 Å². The summed E-state index contributed by atoms with van der Waals surface area (Å²) in [6.07, 6.45) is 1.89. The SMILES string of the molecule is COc1cc2c(cc1Br)C(=O)/C(=C/c1ccc(OC)c(OC)c1)CN2SI. The number of carbonyl (C=O) groups excluding carboxylic acids is 1. The van der Waals surface area contributed by atoms with Gasteiger partial charge in [0.25, 0.3) is 0 Å². The number of hydrogen-bond donors (Lipinski definition) is 0. The third kappa shape index (κ3) is 4.07. The zero-order chi connectivity index (χ0) is 19.6. The average Bonchev–Trinajstić information content (AvgIpc) is 2.69. The van der Waals surface area contributed by atoms with Crippen molar-refractivity contribution in [1.82, 2.24) is 0 Å². The summed E-state index contributed by atoms with van der Waals surface area (Å²) in [4.78, 5) is 13.1. The predicted octanol–water partition coefficient (Wildman–Crippen LogP) is 5.56. The molecule has 142 valence electrons. The number of rotatable bonds is 5. The van der Waals surface area contributed by atoms with E-state index in [4.69, 9.17) is 14.2 Å². The van der Waals surface area contributed by atoms with Crippen molar-refractivity contribution in [3.8, 4) is 17.2 Å². The Labute approximate surface area is 182 Å². The van der Waals surface area contributed by atoms with E-state index >= 15 is 0 Å². The molecule has 5 nitrogen and oxygen atoms in total. The highest BCUT2D eigenvalue weighted by Gasteiger charge is 2.29. The average molecular weight is 562 g/mol. The van der Waals surface area contributed by atoms with E-state index in [-0.39, 0.29) is 5.78 Å². The Kier molecular flexibility index (Phi) is 6.59.